The summed E-state index contributed by atoms with van der Waals surface area (Å²) >= 11 is 1.25. The van der Waals surface area contributed by atoms with Crippen LogP contribution < -0.4 is 5.32 Å². The van der Waals surface area contributed by atoms with Crippen LogP contribution in [0.15, 0.2) is 16.9 Å². The highest BCUT2D eigenvalue weighted by molar-refractivity contribution is 7.18. The van der Waals surface area contributed by atoms with Gasteiger partial charge in [0.15, 0.2) is 5.01 Å². The quantitative estimate of drug-likeness (QED) is 0.836. The van der Waals surface area contributed by atoms with Gasteiger partial charge in [-0.05, 0) is 5.92 Å². The van der Waals surface area contributed by atoms with Crippen LogP contribution in [0, 0.1) is 5.92 Å². The van der Waals surface area contributed by atoms with Gasteiger partial charge < -0.3 is 14.9 Å². The van der Waals surface area contributed by atoms with Gasteiger partial charge in [-0.2, -0.15) is 0 Å². The summed E-state index contributed by atoms with van der Waals surface area (Å²) in [4.78, 5) is 11.2. The molecule has 102 valence electrons. The van der Waals surface area contributed by atoms with E-state index in [1.807, 2.05) is 13.8 Å². The first-order valence-corrected chi connectivity index (χ1v) is 6.67. The van der Waals surface area contributed by atoms with E-state index >= 15 is 0 Å². The Labute approximate surface area is 113 Å². The third-order valence-electron chi connectivity index (χ3n) is 2.84. The Kier molecular flexibility index (Phi) is 4.10. The minimum atomic E-state index is -0.896. The highest BCUT2D eigenvalue weighted by Crippen LogP contribution is 2.26. The number of nitrogens with one attached hydrogen (secondary N) is 1. The predicted octanol–water partition coefficient (Wildman–Crippen LogP) is 2.10. The van der Waals surface area contributed by atoms with E-state index in [0.717, 1.165) is 6.42 Å². The third-order valence-corrected chi connectivity index (χ3v) is 3.72. The minimum absolute atomic E-state index is 0.00287. The lowest BCUT2D eigenvalue weighted by Crippen LogP contribution is -2.35. The fourth-order valence-electron chi connectivity index (χ4n) is 1.52. The second kappa shape index (κ2) is 5.79. The van der Waals surface area contributed by atoms with Gasteiger partial charge >= 0.3 is 5.97 Å². The summed E-state index contributed by atoms with van der Waals surface area (Å²) in [5.41, 5.74) is 0.584. The van der Waals surface area contributed by atoms with Crippen molar-refractivity contribution in [3.05, 3.63) is 12.3 Å². The molecule has 19 heavy (non-hydrogen) atoms. The number of carboxylic acids is 1. The number of carboxylic acid groups (broad SMARTS) is 1. The highest BCUT2D eigenvalue weighted by Gasteiger charge is 2.24. The first-order valence-electron chi connectivity index (χ1n) is 5.85. The molecular weight excluding hydrogens is 268 g/mol. The molecule has 0 aliphatic rings. The number of hydrogen-bond donors (Lipinski definition) is 2. The maximum atomic E-state index is 11.2. The number of anilines is 1. The molecule has 2 rings (SSSR count). The number of hydrogen-bond acceptors (Lipinski definition) is 7. The summed E-state index contributed by atoms with van der Waals surface area (Å²) in [6.45, 7) is 3.83. The van der Waals surface area contributed by atoms with E-state index in [-0.39, 0.29) is 5.92 Å². The van der Waals surface area contributed by atoms with Crippen LogP contribution in [0.5, 0.6) is 0 Å². The zero-order chi connectivity index (χ0) is 13.8. The van der Waals surface area contributed by atoms with Crippen molar-refractivity contribution in [2.75, 3.05) is 5.32 Å². The van der Waals surface area contributed by atoms with Crippen molar-refractivity contribution >= 4 is 22.4 Å². The summed E-state index contributed by atoms with van der Waals surface area (Å²) in [7, 11) is 0. The first-order chi connectivity index (χ1) is 9.11. The molecule has 0 spiro atoms. The molecule has 0 saturated heterocycles. The van der Waals surface area contributed by atoms with Gasteiger partial charge in [-0.15, -0.1) is 10.2 Å². The van der Waals surface area contributed by atoms with Gasteiger partial charge in [0.1, 0.15) is 18.0 Å². The van der Waals surface area contributed by atoms with E-state index in [4.69, 9.17) is 4.52 Å². The Morgan fingerprint density at radius 1 is 1.58 bits per heavy atom. The lowest BCUT2D eigenvalue weighted by Gasteiger charge is -2.18. The molecule has 0 unspecified atom stereocenters. The molecule has 0 bridgehead atoms. The Balaban J connectivity index is 2.12. The van der Waals surface area contributed by atoms with Crippen molar-refractivity contribution in [2.24, 2.45) is 5.92 Å². The van der Waals surface area contributed by atoms with Gasteiger partial charge in [-0.3, -0.25) is 0 Å². The molecule has 0 saturated carbocycles. The molecule has 0 fully saturated rings. The molecule has 2 aromatic rings. The van der Waals surface area contributed by atoms with Crippen molar-refractivity contribution in [3.8, 4) is 10.7 Å². The average molecular weight is 282 g/mol. The van der Waals surface area contributed by atoms with E-state index in [1.165, 1.54) is 17.6 Å². The second-order valence-electron chi connectivity index (χ2n) is 4.14. The van der Waals surface area contributed by atoms with Crippen LogP contribution in [0.1, 0.15) is 20.3 Å². The Morgan fingerprint density at radius 3 is 2.95 bits per heavy atom. The largest absolute Gasteiger partial charge is 0.480 e. The molecule has 0 aromatic carbocycles. The standard InChI is InChI=1S/C11H14N4O3S/c1-3-6(2)8(10(16)17)12-11-14-13-9(19-11)7-4-5-18-15-7/h4-6,8H,3H2,1-2H3,(H,12,14)(H,16,17)/t6-,8-/m0/s1. The molecule has 8 heteroatoms. The summed E-state index contributed by atoms with van der Waals surface area (Å²) in [6, 6.07) is 0.997. The molecule has 2 heterocycles. The molecule has 2 aromatic heterocycles. The molecule has 0 amide bonds. The lowest BCUT2D eigenvalue weighted by molar-refractivity contribution is -0.139. The van der Waals surface area contributed by atoms with Gasteiger partial charge in [0, 0.05) is 6.07 Å². The summed E-state index contributed by atoms with van der Waals surface area (Å²) in [5.74, 6) is -0.899. The maximum absolute atomic E-state index is 11.2. The molecule has 0 aliphatic heterocycles. The van der Waals surface area contributed by atoms with Crippen molar-refractivity contribution in [3.63, 3.8) is 0 Å². The van der Waals surface area contributed by atoms with Crippen LogP contribution in [-0.2, 0) is 4.79 Å². The Hall–Kier alpha value is -1.96. The van der Waals surface area contributed by atoms with Crippen molar-refractivity contribution in [2.45, 2.75) is 26.3 Å². The molecule has 2 atom stereocenters. The summed E-state index contributed by atoms with van der Waals surface area (Å²) in [6.07, 6.45) is 2.21. The zero-order valence-electron chi connectivity index (χ0n) is 10.5. The SMILES string of the molecule is CC[C@H](C)[C@H](Nc1nnc(-c2ccon2)s1)C(=O)O. The number of nitrogens with zero attached hydrogens (tertiary/aromatic N) is 3. The number of rotatable bonds is 6. The number of aromatic nitrogens is 3. The maximum Gasteiger partial charge on any atom is 0.326 e. The zero-order valence-corrected chi connectivity index (χ0v) is 11.3. The fraction of sp³-hybridized carbons (Fsp3) is 0.455. The second-order valence-corrected chi connectivity index (χ2v) is 5.12. The Morgan fingerprint density at radius 2 is 2.37 bits per heavy atom. The number of carbonyl (C=O) groups is 1. The summed E-state index contributed by atoms with van der Waals surface area (Å²) in [5, 5.41) is 24.8. The van der Waals surface area contributed by atoms with E-state index in [1.54, 1.807) is 6.07 Å². The molecule has 2 N–H and O–H groups in total. The van der Waals surface area contributed by atoms with Crippen molar-refractivity contribution in [1.82, 2.24) is 15.4 Å². The smallest absolute Gasteiger partial charge is 0.326 e. The average Bonchev–Trinajstić information content (AvgIpc) is 3.05. The van der Waals surface area contributed by atoms with E-state index < -0.39 is 12.0 Å². The van der Waals surface area contributed by atoms with Crippen LogP contribution in [-0.4, -0.2) is 32.5 Å². The highest BCUT2D eigenvalue weighted by atomic mass is 32.1. The lowest BCUT2D eigenvalue weighted by atomic mass is 10.00. The van der Waals surface area contributed by atoms with Gasteiger partial charge in [0.05, 0.1) is 0 Å². The monoisotopic (exact) mass is 282 g/mol. The van der Waals surface area contributed by atoms with Gasteiger partial charge in [-0.25, -0.2) is 4.79 Å². The normalized spacial score (nSPS) is 14.0. The van der Waals surface area contributed by atoms with Crippen LogP contribution >= 0.6 is 11.3 Å². The first kappa shape index (κ1) is 13.5. The number of aliphatic carboxylic acids is 1. The molecule has 0 radical (unpaired) electrons. The minimum Gasteiger partial charge on any atom is -0.480 e. The van der Waals surface area contributed by atoms with E-state index in [2.05, 4.69) is 20.7 Å². The fourth-order valence-corrected chi connectivity index (χ4v) is 2.27. The van der Waals surface area contributed by atoms with Gasteiger partial charge in [0.25, 0.3) is 0 Å². The van der Waals surface area contributed by atoms with Crippen LogP contribution in [0.3, 0.4) is 0 Å². The van der Waals surface area contributed by atoms with Crippen LogP contribution in [0.25, 0.3) is 10.7 Å². The van der Waals surface area contributed by atoms with Gasteiger partial charge in [-0.1, -0.05) is 36.8 Å². The molecule has 0 aliphatic carbocycles. The molecule has 7 nitrogen and oxygen atoms in total. The van der Waals surface area contributed by atoms with Crippen LogP contribution in [0.4, 0.5) is 5.13 Å². The van der Waals surface area contributed by atoms with Crippen molar-refractivity contribution < 1.29 is 14.4 Å². The predicted molar refractivity (Wildman–Crippen MR) is 69.9 cm³/mol. The topological polar surface area (TPSA) is 101 Å². The van der Waals surface area contributed by atoms with E-state index in [9.17, 15) is 9.90 Å². The van der Waals surface area contributed by atoms with E-state index in [0.29, 0.717) is 15.8 Å². The Bertz CT molecular complexity index is 540. The molecular formula is C11H14N4O3S. The van der Waals surface area contributed by atoms with Gasteiger partial charge in [0.2, 0.25) is 5.13 Å². The van der Waals surface area contributed by atoms with Crippen molar-refractivity contribution in [1.29, 1.82) is 0 Å². The third kappa shape index (κ3) is 3.08. The van der Waals surface area contributed by atoms with Crippen LogP contribution in [0.2, 0.25) is 0 Å². The summed E-state index contributed by atoms with van der Waals surface area (Å²) < 4.78 is 4.73.